The quantitative estimate of drug-likeness (QED) is 0.277. The van der Waals surface area contributed by atoms with Crippen LogP contribution in [0.5, 0.6) is 0 Å². The summed E-state index contributed by atoms with van der Waals surface area (Å²) in [5.41, 5.74) is 3.64. The maximum Gasteiger partial charge on any atom is 0.241 e. The molecule has 4 aromatic rings. The number of amides is 1. The van der Waals surface area contributed by atoms with E-state index in [0.29, 0.717) is 24.2 Å². The zero-order chi connectivity index (χ0) is 29.6. The first-order valence-corrected chi connectivity index (χ1v) is 15.6. The molecule has 42 heavy (non-hydrogen) atoms. The molecule has 220 valence electrons. The van der Waals surface area contributed by atoms with Crippen LogP contribution in [0.15, 0.2) is 53.7 Å². The van der Waals surface area contributed by atoms with E-state index >= 15 is 4.39 Å². The van der Waals surface area contributed by atoms with Crippen LogP contribution in [-0.2, 0) is 14.6 Å². The SMILES string of the molecule is Cc1cnc(Nc2cccc(S(=O)(=O)C3CC3)c2F)nc1-c1c[nH]c2c(NC(=O)C(C)N3CCN(C)CC3)cccc12. The van der Waals surface area contributed by atoms with Gasteiger partial charge in [-0.25, -0.2) is 22.8 Å². The number of para-hydroxylation sites is 1. The highest BCUT2D eigenvalue weighted by molar-refractivity contribution is 7.92. The van der Waals surface area contributed by atoms with E-state index in [1.165, 1.54) is 18.2 Å². The lowest BCUT2D eigenvalue weighted by Crippen LogP contribution is -2.51. The van der Waals surface area contributed by atoms with Crippen molar-refractivity contribution in [3.8, 4) is 11.3 Å². The van der Waals surface area contributed by atoms with Crippen molar-refractivity contribution in [2.24, 2.45) is 0 Å². The number of carbonyl (C=O) groups is 1. The standard InChI is InChI=1S/C30H34FN7O3S/c1-18-16-33-30(35-23-7-5-9-25(26(23)31)42(40,41)20-10-11-20)36-27(18)22-17-32-28-21(22)6-4-8-24(28)34-29(39)19(2)38-14-12-37(3)13-15-38/h4-9,16-17,19-20,32H,10-15H2,1-3H3,(H,34,39)(H,33,35,36). The average Bonchev–Trinajstić information content (AvgIpc) is 3.76. The van der Waals surface area contributed by atoms with Crippen molar-refractivity contribution >= 4 is 44.0 Å². The number of rotatable bonds is 8. The van der Waals surface area contributed by atoms with E-state index in [0.717, 1.165) is 48.2 Å². The average molecular weight is 592 g/mol. The highest BCUT2D eigenvalue weighted by Crippen LogP contribution is 2.37. The maximum atomic E-state index is 15.3. The molecule has 2 fully saturated rings. The van der Waals surface area contributed by atoms with Crippen molar-refractivity contribution in [2.45, 2.75) is 42.9 Å². The molecule has 0 bridgehead atoms. The second kappa shape index (κ2) is 11.1. The predicted octanol–water partition coefficient (Wildman–Crippen LogP) is 4.33. The molecule has 3 N–H and O–H groups in total. The Morgan fingerprint density at radius 2 is 1.81 bits per heavy atom. The molecule has 1 unspecified atom stereocenters. The molecule has 1 atom stereocenters. The van der Waals surface area contributed by atoms with E-state index in [2.05, 4.69) is 42.4 Å². The summed E-state index contributed by atoms with van der Waals surface area (Å²) in [6.45, 7) is 7.36. The molecule has 2 aliphatic rings. The minimum Gasteiger partial charge on any atom is -0.359 e. The van der Waals surface area contributed by atoms with Crippen LogP contribution in [0.25, 0.3) is 22.2 Å². The molecule has 0 spiro atoms. The van der Waals surface area contributed by atoms with Crippen LogP contribution in [0.2, 0.25) is 0 Å². The Labute approximate surface area is 244 Å². The normalized spacial score (nSPS) is 17.3. The van der Waals surface area contributed by atoms with E-state index in [1.807, 2.05) is 38.2 Å². The Morgan fingerprint density at radius 1 is 1.10 bits per heavy atom. The summed E-state index contributed by atoms with van der Waals surface area (Å²) in [7, 11) is -1.62. The van der Waals surface area contributed by atoms with Crippen LogP contribution >= 0.6 is 0 Å². The van der Waals surface area contributed by atoms with Gasteiger partial charge in [0.2, 0.25) is 11.9 Å². The number of fused-ring (bicyclic) bond motifs is 1. The van der Waals surface area contributed by atoms with Gasteiger partial charge in [-0.05, 0) is 57.5 Å². The number of sulfone groups is 1. The summed E-state index contributed by atoms with van der Waals surface area (Å²) in [6, 6.07) is 9.70. The predicted molar refractivity (Wildman–Crippen MR) is 161 cm³/mol. The second-order valence-electron chi connectivity index (χ2n) is 11.1. The molecule has 2 aromatic heterocycles. The van der Waals surface area contributed by atoms with E-state index < -0.39 is 20.9 Å². The highest BCUT2D eigenvalue weighted by atomic mass is 32.2. The highest BCUT2D eigenvalue weighted by Gasteiger charge is 2.39. The topological polar surface area (TPSA) is 123 Å². The van der Waals surface area contributed by atoms with Gasteiger partial charge in [0.15, 0.2) is 15.7 Å². The fraction of sp³-hybridized carbons (Fsp3) is 0.367. The fourth-order valence-corrected chi connectivity index (χ4v) is 7.09. The van der Waals surface area contributed by atoms with Crippen molar-refractivity contribution in [3.63, 3.8) is 0 Å². The lowest BCUT2D eigenvalue weighted by molar-refractivity contribution is -0.121. The van der Waals surface area contributed by atoms with Gasteiger partial charge in [0.25, 0.3) is 0 Å². The second-order valence-corrected chi connectivity index (χ2v) is 13.3. The zero-order valence-corrected chi connectivity index (χ0v) is 24.6. The number of nitrogens with zero attached hydrogens (tertiary/aromatic N) is 4. The first-order valence-electron chi connectivity index (χ1n) is 14.1. The van der Waals surface area contributed by atoms with Gasteiger partial charge in [0.1, 0.15) is 4.90 Å². The van der Waals surface area contributed by atoms with E-state index in [4.69, 9.17) is 0 Å². The van der Waals surface area contributed by atoms with Gasteiger partial charge in [-0.2, -0.15) is 0 Å². The molecular formula is C30H34FN7O3S. The molecule has 2 aromatic carbocycles. The van der Waals surface area contributed by atoms with Gasteiger partial charge in [-0.3, -0.25) is 9.69 Å². The molecule has 10 nitrogen and oxygen atoms in total. The van der Waals surface area contributed by atoms with Gasteiger partial charge in [-0.1, -0.05) is 18.2 Å². The molecule has 0 radical (unpaired) electrons. The molecule has 6 rings (SSSR count). The smallest absolute Gasteiger partial charge is 0.241 e. The number of nitrogens with one attached hydrogen (secondary N) is 3. The van der Waals surface area contributed by atoms with Gasteiger partial charge >= 0.3 is 0 Å². The number of hydrogen-bond acceptors (Lipinski definition) is 8. The molecule has 1 aliphatic heterocycles. The minimum atomic E-state index is -3.71. The molecule has 1 amide bonds. The number of benzene rings is 2. The molecule has 1 saturated heterocycles. The lowest BCUT2D eigenvalue weighted by Gasteiger charge is -2.35. The number of aromatic nitrogens is 3. The van der Waals surface area contributed by atoms with Crippen LogP contribution in [0.3, 0.4) is 0 Å². The van der Waals surface area contributed by atoms with Crippen molar-refractivity contribution in [1.29, 1.82) is 0 Å². The molecule has 12 heteroatoms. The number of aromatic amines is 1. The number of carbonyl (C=O) groups excluding carboxylic acids is 1. The zero-order valence-electron chi connectivity index (χ0n) is 23.8. The van der Waals surface area contributed by atoms with Crippen LogP contribution < -0.4 is 10.6 Å². The number of H-pyrrole nitrogens is 1. The third-order valence-corrected chi connectivity index (χ3v) is 10.4. The van der Waals surface area contributed by atoms with Crippen LogP contribution in [0, 0.1) is 12.7 Å². The third-order valence-electron chi connectivity index (χ3n) is 8.14. The Morgan fingerprint density at radius 3 is 2.55 bits per heavy atom. The summed E-state index contributed by atoms with van der Waals surface area (Å²) < 4.78 is 40.7. The van der Waals surface area contributed by atoms with Crippen LogP contribution in [0.1, 0.15) is 25.3 Å². The number of anilines is 3. The number of halogens is 1. The van der Waals surface area contributed by atoms with Gasteiger partial charge in [0, 0.05) is 49.5 Å². The number of piperazine rings is 1. The summed E-state index contributed by atoms with van der Waals surface area (Å²) in [6.07, 6.45) is 4.56. The van der Waals surface area contributed by atoms with E-state index in [9.17, 15) is 13.2 Å². The molecule has 1 aliphatic carbocycles. The third kappa shape index (κ3) is 5.37. The first-order chi connectivity index (χ1) is 20.1. The van der Waals surface area contributed by atoms with E-state index in [-0.39, 0.29) is 28.5 Å². The lowest BCUT2D eigenvalue weighted by atomic mass is 10.1. The van der Waals surface area contributed by atoms with Crippen LogP contribution in [-0.4, -0.2) is 83.6 Å². The Balaban J connectivity index is 1.26. The first kappa shape index (κ1) is 28.3. The minimum absolute atomic E-state index is 0.00933. The van der Waals surface area contributed by atoms with Gasteiger partial charge in [0.05, 0.1) is 33.9 Å². The molecule has 3 heterocycles. The van der Waals surface area contributed by atoms with Gasteiger partial charge in [-0.15, -0.1) is 0 Å². The monoisotopic (exact) mass is 591 g/mol. The van der Waals surface area contributed by atoms with E-state index in [1.54, 1.807) is 6.20 Å². The number of hydrogen-bond donors (Lipinski definition) is 3. The summed E-state index contributed by atoms with van der Waals surface area (Å²) in [5.74, 6) is -0.774. The van der Waals surface area contributed by atoms with Crippen molar-refractivity contribution in [1.82, 2.24) is 24.8 Å². The van der Waals surface area contributed by atoms with Crippen molar-refractivity contribution in [2.75, 3.05) is 43.9 Å². The summed E-state index contributed by atoms with van der Waals surface area (Å²) in [5, 5.41) is 6.30. The Kier molecular flexibility index (Phi) is 7.46. The van der Waals surface area contributed by atoms with Gasteiger partial charge < -0.3 is 20.5 Å². The number of aryl methyl sites for hydroxylation is 1. The van der Waals surface area contributed by atoms with Crippen LogP contribution in [0.4, 0.5) is 21.7 Å². The molecular weight excluding hydrogens is 557 g/mol. The summed E-state index contributed by atoms with van der Waals surface area (Å²) in [4.78, 5) is 29.6. The van der Waals surface area contributed by atoms with Crippen molar-refractivity contribution < 1.29 is 17.6 Å². The number of likely N-dealkylation sites (N-methyl/N-ethyl adjacent to an activating group) is 1. The Bertz CT molecular complexity index is 1760. The molecule has 1 saturated carbocycles. The largest absolute Gasteiger partial charge is 0.359 e. The summed E-state index contributed by atoms with van der Waals surface area (Å²) >= 11 is 0. The fourth-order valence-electron chi connectivity index (χ4n) is 5.35. The van der Waals surface area contributed by atoms with Crippen molar-refractivity contribution in [3.05, 3.63) is 60.2 Å². The maximum absolute atomic E-state index is 15.3. The Hall–Kier alpha value is -3.87.